The second kappa shape index (κ2) is 11.1. The number of pyridine rings is 2. The number of cyclic esters (lactones) is 1. The van der Waals surface area contributed by atoms with E-state index in [0.29, 0.717) is 46.7 Å². The molecule has 1 unspecified atom stereocenters. The van der Waals surface area contributed by atoms with Crippen LogP contribution in [0.2, 0.25) is 0 Å². The maximum atomic E-state index is 13.0. The van der Waals surface area contributed by atoms with Crippen molar-refractivity contribution in [1.82, 2.24) is 9.55 Å². The van der Waals surface area contributed by atoms with E-state index in [4.69, 9.17) is 18.9 Å². The van der Waals surface area contributed by atoms with Gasteiger partial charge in [-0.05, 0) is 56.7 Å². The van der Waals surface area contributed by atoms with Gasteiger partial charge in [-0.15, -0.1) is 0 Å². The Kier molecular flexibility index (Phi) is 7.30. The maximum Gasteiger partial charge on any atom is 0.343 e. The Labute approximate surface area is 251 Å². The van der Waals surface area contributed by atoms with Crippen molar-refractivity contribution in [2.45, 2.75) is 45.9 Å². The molecule has 10 heteroatoms. The predicted octanol–water partition coefficient (Wildman–Crippen LogP) is 4.92. The summed E-state index contributed by atoms with van der Waals surface area (Å²) in [7, 11) is 0. The number of ether oxygens (including phenoxy) is 2. The average Bonchev–Trinajstić information content (AvgIpc) is 3.36. The van der Waals surface area contributed by atoms with Gasteiger partial charge in [0.2, 0.25) is 0 Å². The summed E-state index contributed by atoms with van der Waals surface area (Å²) in [6.07, 6.45) is 2.03. The van der Waals surface area contributed by atoms with Gasteiger partial charge in [0.1, 0.15) is 18.8 Å². The summed E-state index contributed by atoms with van der Waals surface area (Å²) in [4.78, 5) is 41.0. The minimum absolute atomic E-state index is 0.0264. The second-order valence-corrected chi connectivity index (χ2v) is 11.0. The largest absolute Gasteiger partial charge is 0.504 e. The molecule has 44 heavy (non-hydrogen) atoms. The van der Waals surface area contributed by atoms with E-state index in [1.165, 1.54) is 18.2 Å². The molecular weight excluding hydrogens is 564 g/mol. The van der Waals surface area contributed by atoms with Crippen molar-refractivity contribution in [2.24, 2.45) is 0 Å². The van der Waals surface area contributed by atoms with Gasteiger partial charge in [0.15, 0.2) is 17.1 Å². The third-order valence-electron chi connectivity index (χ3n) is 7.85. The smallest absolute Gasteiger partial charge is 0.343 e. The van der Waals surface area contributed by atoms with Crippen LogP contribution in [0.1, 0.15) is 43.9 Å². The van der Waals surface area contributed by atoms with E-state index in [0.717, 1.165) is 27.7 Å². The van der Waals surface area contributed by atoms with Crippen LogP contribution in [0.25, 0.3) is 33.3 Å². The summed E-state index contributed by atoms with van der Waals surface area (Å²) >= 11 is 0. The lowest BCUT2D eigenvalue weighted by Crippen LogP contribution is -2.44. The number of esters is 1. The highest BCUT2D eigenvalue weighted by Crippen LogP contribution is 2.38. The van der Waals surface area contributed by atoms with Crippen molar-refractivity contribution in [1.29, 1.82) is 0 Å². The van der Waals surface area contributed by atoms with Gasteiger partial charge in [0.25, 0.3) is 5.56 Å². The summed E-state index contributed by atoms with van der Waals surface area (Å²) in [5.74, 6) is -0.380. The fourth-order valence-electron chi connectivity index (χ4n) is 5.42. The molecule has 0 saturated carbocycles. The number of fused-ring (bicyclic) bond motifs is 6. The number of aromatic hydroxyl groups is 1. The predicted molar refractivity (Wildman–Crippen MR) is 164 cm³/mol. The Balaban J connectivity index is 0.000000168. The van der Waals surface area contributed by atoms with E-state index in [2.05, 4.69) is 0 Å². The first-order valence-electron chi connectivity index (χ1n) is 14.2. The third-order valence-corrected chi connectivity index (χ3v) is 7.85. The van der Waals surface area contributed by atoms with Crippen molar-refractivity contribution in [3.63, 3.8) is 0 Å². The number of carbonyl (C=O) groups is 1. The van der Waals surface area contributed by atoms with Gasteiger partial charge in [-0.2, -0.15) is 0 Å². The molecule has 0 amide bonds. The van der Waals surface area contributed by atoms with Gasteiger partial charge < -0.3 is 28.7 Å². The molecular formula is C34H30N2O8. The number of nitrogens with zero attached hydrogens (tertiary/aromatic N) is 2. The molecule has 5 heterocycles. The first-order valence-corrected chi connectivity index (χ1v) is 14.2. The Bertz CT molecular complexity index is 2110. The minimum atomic E-state index is -1.79. The van der Waals surface area contributed by atoms with Crippen molar-refractivity contribution in [3.8, 4) is 22.9 Å². The SMILES string of the molecule is CC(C)=CCOc1cc2oc(=O)ccc2cc1O.CCC1(O)C(=O)OCc2c1cc1n(c2=O)Cc2cc3ccccc3nc2-1. The van der Waals surface area contributed by atoms with Crippen LogP contribution >= 0.6 is 0 Å². The quantitative estimate of drug-likeness (QED) is 0.165. The maximum absolute atomic E-state index is 13.0. The fraction of sp³-hybridized carbons (Fsp3) is 0.235. The second-order valence-electron chi connectivity index (χ2n) is 11.0. The molecule has 224 valence electrons. The Morgan fingerprint density at radius 2 is 1.86 bits per heavy atom. The van der Waals surface area contributed by atoms with Crippen molar-refractivity contribution in [3.05, 3.63) is 110 Å². The van der Waals surface area contributed by atoms with E-state index in [1.807, 2.05) is 50.3 Å². The Morgan fingerprint density at radius 1 is 1.07 bits per heavy atom. The van der Waals surface area contributed by atoms with E-state index < -0.39 is 17.2 Å². The van der Waals surface area contributed by atoms with Crippen LogP contribution in [-0.2, 0) is 28.3 Å². The summed E-state index contributed by atoms with van der Waals surface area (Å²) in [5, 5.41) is 22.3. The number of hydrogen-bond acceptors (Lipinski definition) is 9. The fourth-order valence-corrected chi connectivity index (χ4v) is 5.42. The lowest BCUT2D eigenvalue weighted by molar-refractivity contribution is -0.172. The highest BCUT2D eigenvalue weighted by atomic mass is 16.6. The number of phenolic OH excluding ortho intramolecular Hbond substituents is 1. The molecule has 2 aliphatic heterocycles. The van der Waals surface area contributed by atoms with E-state index in [9.17, 15) is 24.6 Å². The van der Waals surface area contributed by atoms with Gasteiger partial charge in [0.05, 0.1) is 29.0 Å². The summed E-state index contributed by atoms with van der Waals surface area (Å²) in [5.41, 5.74) is 2.91. The van der Waals surface area contributed by atoms with Gasteiger partial charge in [0, 0.05) is 34.0 Å². The molecule has 1 atom stereocenters. The highest BCUT2D eigenvalue weighted by molar-refractivity contribution is 5.86. The number of aliphatic hydroxyl groups is 1. The summed E-state index contributed by atoms with van der Waals surface area (Å²) < 4.78 is 17.1. The minimum Gasteiger partial charge on any atom is -0.504 e. The molecule has 0 fully saturated rings. The zero-order valence-electron chi connectivity index (χ0n) is 24.4. The number of carbonyl (C=O) groups excluding carboxylic acids is 1. The summed E-state index contributed by atoms with van der Waals surface area (Å²) in [6, 6.07) is 17.5. The normalized spacial score (nSPS) is 16.3. The van der Waals surface area contributed by atoms with Crippen LogP contribution in [0.3, 0.4) is 0 Å². The average molecular weight is 595 g/mol. The highest BCUT2D eigenvalue weighted by Gasteiger charge is 2.45. The molecule has 0 bridgehead atoms. The summed E-state index contributed by atoms with van der Waals surface area (Å²) in [6.45, 7) is 6.29. The third kappa shape index (κ3) is 5.03. The first-order chi connectivity index (χ1) is 21.1. The van der Waals surface area contributed by atoms with Crippen molar-refractivity contribution < 1.29 is 28.9 Å². The standard InChI is InChI=1S/C20H16N2O4.C14H14O4/c1-2-20(25)14-8-16-17-12(7-11-5-3-4-6-15(11)21-17)9-22(16)18(23)13(14)10-26-19(20)24;1-9(2)5-6-17-13-8-12-10(7-11(13)15)3-4-14(16)18-12/h3-8,25H,2,9-10H2,1H3;3-5,7-8,15H,6H2,1-2H3. The number of hydrogen-bond donors (Lipinski definition) is 2. The molecule has 2 aromatic carbocycles. The van der Waals surface area contributed by atoms with Crippen LogP contribution in [0, 0.1) is 0 Å². The van der Waals surface area contributed by atoms with Gasteiger partial charge in [-0.1, -0.05) is 30.7 Å². The number of aromatic nitrogens is 2. The van der Waals surface area contributed by atoms with E-state index in [-0.39, 0.29) is 24.3 Å². The molecule has 0 aliphatic carbocycles. The molecule has 2 N–H and O–H groups in total. The van der Waals surface area contributed by atoms with Crippen LogP contribution in [0.5, 0.6) is 11.5 Å². The molecule has 0 radical (unpaired) electrons. The number of phenols is 1. The van der Waals surface area contributed by atoms with Crippen LogP contribution in [0.15, 0.2) is 86.3 Å². The zero-order chi connectivity index (χ0) is 31.2. The van der Waals surface area contributed by atoms with E-state index in [1.54, 1.807) is 23.6 Å². The zero-order valence-corrected chi connectivity index (χ0v) is 24.4. The van der Waals surface area contributed by atoms with Crippen LogP contribution in [0.4, 0.5) is 0 Å². The molecule has 0 saturated heterocycles. The molecule has 0 spiro atoms. The molecule has 2 aliphatic rings. The Hall–Kier alpha value is -5.22. The molecule has 7 rings (SSSR count). The molecule has 3 aromatic heterocycles. The van der Waals surface area contributed by atoms with Crippen LogP contribution < -0.4 is 15.9 Å². The topological polar surface area (TPSA) is 141 Å². The van der Waals surface area contributed by atoms with Gasteiger partial charge in [-0.25, -0.2) is 14.6 Å². The van der Waals surface area contributed by atoms with E-state index >= 15 is 0 Å². The Morgan fingerprint density at radius 3 is 2.64 bits per heavy atom. The van der Waals surface area contributed by atoms with Gasteiger partial charge >= 0.3 is 11.6 Å². The van der Waals surface area contributed by atoms with Crippen LogP contribution in [-0.4, -0.2) is 32.3 Å². The van der Waals surface area contributed by atoms with Crippen molar-refractivity contribution in [2.75, 3.05) is 6.61 Å². The molecule has 10 nitrogen and oxygen atoms in total. The lowest BCUT2D eigenvalue weighted by atomic mass is 9.86. The van der Waals surface area contributed by atoms with Gasteiger partial charge in [-0.3, -0.25) is 4.79 Å². The number of allylic oxidation sites excluding steroid dienone is 1. The number of benzene rings is 2. The molecule has 5 aromatic rings. The first kappa shape index (κ1) is 28.9. The number of para-hydroxylation sites is 1. The lowest BCUT2D eigenvalue weighted by Gasteiger charge is -2.31. The monoisotopic (exact) mass is 594 g/mol. The van der Waals surface area contributed by atoms with Crippen molar-refractivity contribution >= 4 is 27.8 Å². The number of rotatable bonds is 4.